The van der Waals surface area contributed by atoms with E-state index < -0.39 is 35.6 Å². The highest BCUT2D eigenvalue weighted by atomic mass is 16.5. The number of carbonyl (C=O) groups is 4. The van der Waals surface area contributed by atoms with Gasteiger partial charge in [0.05, 0.1) is 17.8 Å². The highest BCUT2D eigenvalue weighted by Gasteiger charge is 2.30. The smallest absolute Gasteiger partial charge is 0.354 e. The van der Waals surface area contributed by atoms with Gasteiger partial charge in [0.1, 0.15) is 11.7 Å². The molecule has 40 heavy (non-hydrogen) atoms. The van der Waals surface area contributed by atoms with Gasteiger partial charge in [-0.15, -0.1) is 0 Å². The van der Waals surface area contributed by atoms with Crippen molar-refractivity contribution in [2.24, 2.45) is 11.8 Å². The molecule has 1 aromatic heterocycles. The zero-order valence-corrected chi connectivity index (χ0v) is 22.7. The van der Waals surface area contributed by atoms with Gasteiger partial charge in [0.2, 0.25) is 5.91 Å². The highest BCUT2D eigenvalue weighted by Crippen LogP contribution is 2.25. The maximum absolute atomic E-state index is 12.7. The summed E-state index contributed by atoms with van der Waals surface area (Å²) in [6, 6.07) is 13.9. The van der Waals surface area contributed by atoms with E-state index in [2.05, 4.69) is 10.3 Å². The van der Waals surface area contributed by atoms with E-state index in [1.165, 1.54) is 11.5 Å². The van der Waals surface area contributed by atoms with Crippen molar-refractivity contribution < 1.29 is 34.6 Å². The molecule has 3 rings (SSSR count). The number of nitrogens with zero attached hydrogens (tertiary/aromatic N) is 2. The summed E-state index contributed by atoms with van der Waals surface area (Å²) in [5.41, 5.74) is 3.84. The maximum atomic E-state index is 12.7. The summed E-state index contributed by atoms with van der Waals surface area (Å²) in [7, 11) is 0. The minimum absolute atomic E-state index is 0.0700. The molecular weight excluding hydrogens is 516 g/mol. The lowest BCUT2D eigenvalue weighted by Gasteiger charge is -2.17. The van der Waals surface area contributed by atoms with Crippen LogP contribution in [0.5, 0.6) is 0 Å². The first-order valence-electron chi connectivity index (χ1n) is 13.0. The third kappa shape index (κ3) is 6.92. The number of hydrogen-bond donors (Lipinski definition) is 5. The van der Waals surface area contributed by atoms with E-state index in [-0.39, 0.29) is 30.0 Å². The molecule has 5 N–H and O–H groups in total. The lowest BCUT2D eigenvalue weighted by Crippen LogP contribution is -2.43. The molecule has 1 atom stereocenters. The Morgan fingerprint density at radius 2 is 1.62 bits per heavy atom. The predicted molar refractivity (Wildman–Crippen MR) is 146 cm³/mol. The Hall–Kier alpha value is -4.51. The molecule has 3 aromatic rings. The lowest BCUT2D eigenvalue weighted by atomic mass is 9.94. The molecule has 0 aliphatic carbocycles. The number of hydroxylamine groups is 1. The molecule has 0 saturated carbocycles. The molecule has 0 aliphatic rings. The van der Waals surface area contributed by atoms with Gasteiger partial charge in [-0.1, -0.05) is 69.7 Å². The maximum Gasteiger partial charge on any atom is 0.354 e. The third-order valence-corrected chi connectivity index (χ3v) is 6.61. The van der Waals surface area contributed by atoms with Crippen LogP contribution in [0.3, 0.4) is 0 Å². The highest BCUT2D eigenvalue weighted by molar-refractivity contribution is 6.00. The Kier molecular flexibility index (Phi) is 10.2. The zero-order chi connectivity index (χ0) is 29.4. The van der Waals surface area contributed by atoms with Gasteiger partial charge in [0.15, 0.2) is 5.69 Å². The van der Waals surface area contributed by atoms with Gasteiger partial charge < -0.3 is 20.1 Å². The van der Waals surface area contributed by atoms with Gasteiger partial charge >= 0.3 is 11.9 Å². The molecule has 0 aliphatic heterocycles. The van der Waals surface area contributed by atoms with Crippen molar-refractivity contribution in [3.63, 3.8) is 0 Å². The van der Waals surface area contributed by atoms with Crippen LogP contribution < -0.4 is 10.8 Å². The van der Waals surface area contributed by atoms with Crippen LogP contribution in [-0.2, 0) is 29.1 Å². The Labute approximate surface area is 231 Å². The van der Waals surface area contributed by atoms with Crippen LogP contribution in [0.2, 0.25) is 0 Å². The van der Waals surface area contributed by atoms with E-state index >= 15 is 0 Å². The van der Waals surface area contributed by atoms with E-state index in [0.717, 1.165) is 18.4 Å². The van der Waals surface area contributed by atoms with Crippen LogP contribution in [0.4, 0.5) is 0 Å². The topological polar surface area (TPSA) is 171 Å². The number of rotatable bonds is 13. The van der Waals surface area contributed by atoms with Crippen LogP contribution in [0.15, 0.2) is 48.5 Å². The summed E-state index contributed by atoms with van der Waals surface area (Å²) in [5, 5.41) is 31.2. The number of carboxylic acid groups (broad SMARTS) is 2. The lowest BCUT2D eigenvalue weighted by molar-refractivity contribution is -0.142. The van der Waals surface area contributed by atoms with Crippen molar-refractivity contribution in [3.8, 4) is 11.1 Å². The zero-order valence-electron chi connectivity index (χ0n) is 22.7. The normalized spacial score (nSPS) is 11.7. The largest absolute Gasteiger partial charge is 0.478 e. The number of imidazole rings is 1. The SMILES string of the molecule is CCCCc1nc(CNC(=O)C(C(=O)NO)C(C)C)c(C(=O)O)n1Cc1ccc(-c2ccccc2C(=O)O)cc1. The standard InChI is InChI=1S/C29H34N4O7/c1-4-5-10-23-31-22(15-30-26(34)24(17(2)3)27(35)32-40)25(29(38)39)33(23)16-18-11-13-19(14-12-18)20-8-6-7-9-21(20)28(36)37/h6-9,11-14,17,24,40H,4-5,10,15-16H2,1-3H3,(H,30,34)(H,32,35)(H,36,37)(H,38,39). The van der Waals surface area contributed by atoms with Crippen LogP contribution in [0.1, 0.15) is 71.5 Å². The quantitative estimate of drug-likeness (QED) is 0.122. The van der Waals surface area contributed by atoms with Crippen LogP contribution in [0.25, 0.3) is 11.1 Å². The number of aromatic carboxylic acids is 2. The number of aromatic nitrogens is 2. The third-order valence-electron chi connectivity index (χ3n) is 6.61. The Bertz CT molecular complexity index is 1380. The van der Waals surface area contributed by atoms with Crippen LogP contribution in [0, 0.1) is 11.8 Å². The van der Waals surface area contributed by atoms with E-state index in [1.54, 1.807) is 48.7 Å². The first-order valence-corrected chi connectivity index (χ1v) is 13.0. The summed E-state index contributed by atoms with van der Waals surface area (Å²) in [6.07, 6.45) is 2.17. The number of carboxylic acids is 2. The van der Waals surface area contributed by atoms with Crippen molar-refractivity contribution in [2.75, 3.05) is 0 Å². The summed E-state index contributed by atoms with van der Waals surface area (Å²) in [5.74, 6) is -4.76. The van der Waals surface area contributed by atoms with Crippen molar-refractivity contribution in [3.05, 3.63) is 76.9 Å². The van der Waals surface area contributed by atoms with Gasteiger partial charge in [-0.25, -0.2) is 20.1 Å². The Balaban J connectivity index is 1.92. The molecule has 11 nitrogen and oxygen atoms in total. The number of nitrogens with one attached hydrogen (secondary N) is 2. The van der Waals surface area contributed by atoms with Crippen molar-refractivity contribution in [2.45, 2.75) is 53.1 Å². The number of amides is 2. The number of unbranched alkanes of at least 4 members (excludes halogenated alkanes) is 1. The van der Waals surface area contributed by atoms with Gasteiger partial charge in [0.25, 0.3) is 5.91 Å². The summed E-state index contributed by atoms with van der Waals surface area (Å²) in [6.45, 7) is 5.32. The van der Waals surface area contributed by atoms with Crippen molar-refractivity contribution in [1.82, 2.24) is 20.3 Å². The number of benzene rings is 2. The van der Waals surface area contributed by atoms with Gasteiger partial charge in [-0.2, -0.15) is 0 Å². The molecule has 2 aromatic carbocycles. The fourth-order valence-electron chi connectivity index (χ4n) is 4.58. The van der Waals surface area contributed by atoms with E-state index in [0.29, 0.717) is 23.4 Å². The second-order valence-electron chi connectivity index (χ2n) is 9.78. The second kappa shape index (κ2) is 13.5. The average molecular weight is 551 g/mol. The molecule has 0 spiro atoms. The molecule has 1 heterocycles. The van der Waals surface area contributed by atoms with Gasteiger partial charge in [-0.05, 0) is 35.1 Å². The van der Waals surface area contributed by atoms with Crippen molar-refractivity contribution >= 4 is 23.8 Å². The van der Waals surface area contributed by atoms with Crippen molar-refractivity contribution in [1.29, 1.82) is 0 Å². The number of carbonyl (C=O) groups excluding carboxylic acids is 2. The van der Waals surface area contributed by atoms with Crippen LogP contribution >= 0.6 is 0 Å². The molecule has 2 amide bonds. The molecule has 0 saturated heterocycles. The van der Waals surface area contributed by atoms with Gasteiger partial charge in [-0.3, -0.25) is 14.8 Å². The minimum Gasteiger partial charge on any atom is -0.478 e. The van der Waals surface area contributed by atoms with Crippen LogP contribution in [-0.4, -0.2) is 48.7 Å². The fourth-order valence-corrected chi connectivity index (χ4v) is 4.58. The first kappa shape index (κ1) is 30.0. The molecule has 11 heteroatoms. The first-order chi connectivity index (χ1) is 19.1. The summed E-state index contributed by atoms with van der Waals surface area (Å²) < 4.78 is 1.61. The molecule has 1 unspecified atom stereocenters. The monoisotopic (exact) mass is 550 g/mol. The Morgan fingerprint density at radius 3 is 2.20 bits per heavy atom. The molecule has 212 valence electrons. The second-order valence-corrected chi connectivity index (χ2v) is 9.78. The number of hydrogen-bond acceptors (Lipinski definition) is 6. The number of aryl methyl sites for hydroxylation is 1. The summed E-state index contributed by atoms with van der Waals surface area (Å²) in [4.78, 5) is 53.2. The molecule has 0 radical (unpaired) electrons. The minimum atomic E-state index is -1.21. The molecule has 0 fully saturated rings. The summed E-state index contributed by atoms with van der Waals surface area (Å²) >= 11 is 0. The fraction of sp³-hybridized carbons (Fsp3) is 0.345. The average Bonchev–Trinajstić information content (AvgIpc) is 3.27. The Morgan fingerprint density at radius 1 is 0.950 bits per heavy atom. The van der Waals surface area contributed by atoms with E-state index in [1.807, 2.05) is 19.1 Å². The van der Waals surface area contributed by atoms with Gasteiger partial charge in [0, 0.05) is 13.0 Å². The van der Waals surface area contributed by atoms with E-state index in [9.17, 15) is 29.4 Å². The predicted octanol–water partition coefficient (Wildman–Crippen LogP) is 3.73. The molecular formula is C29H34N4O7. The molecule has 0 bridgehead atoms. The van der Waals surface area contributed by atoms with E-state index in [4.69, 9.17) is 5.21 Å².